The van der Waals surface area contributed by atoms with Crippen molar-refractivity contribution in [2.45, 2.75) is 32.4 Å². The molecule has 6 nitrogen and oxygen atoms in total. The van der Waals surface area contributed by atoms with Gasteiger partial charge in [0.05, 0.1) is 13.7 Å². The molecule has 3 amide bonds. The molecule has 1 saturated heterocycles. The van der Waals surface area contributed by atoms with Gasteiger partial charge in [-0.25, -0.2) is 9.69 Å². The topological polar surface area (TPSA) is 63.1 Å². The molecule has 148 valence electrons. The van der Waals surface area contributed by atoms with Crippen LogP contribution in [0.2, 0.25) is 0 Å². The summed E-state index contributed by atoms with van der Waals surface area (Å²) in [6, 6.07) is 17.0. The van der Waals surface area contributed by atoms with Gasteiger partial charge in [-0.05, 0) is 43.2 Å². The van der Waals surface area contributed by atoms with E-state index in [1.807, 2.05) is 75.5 Å². The average Bonchev–Trinajstić information content (AvgIpc) is 2.95. The minimum absolute atomic E-state index is 0.183. The third-order valence-electron chi connectivity index (χ3n) is 5.14. The molecule has 2 aromatic rings. The van der Waals surface area contributed by atoms with E-state index in [4.69, 9.17) is 4.74 Å². The van der Waals surface area contributed by atoms with Crippen molar-refractivity contribution in [1.29, 1.82) is 0 Å². The lowest BCUT2D eigenvalue weighted by Crippen LogP contribution is -3.09. The lowest BCUT2D eigenvalue weighted by atomic mass is 9.87. The van der Waals surface area contributed by atoms with Gasteiger partial charge in [-0.1, -0.05) is 37.3 Å². The molecule has 1 heterocycles. The van der Waals surface area contributed by atoms with E-state index in [0.29, 0.717) is 26.2 Å². The van der Waals surface area contributed by atoms with Crippen molar-refractivity contribution in [2.24, 2.45) is 0 Å². The van der Waals surface area contributed by atoms with Crippen LogP contribution in [-0.4, -0.2) is 37.2 Å². The molecule has 0 bridgehead atoms. The van der Waals surface area contributed by atoms with Gasteiger partial charge in [0.25, 0.3) is 5.91 Å². The fourth-order valence-electron chi connectivity index (χ4n) is 3.68. The van der Waals surface area contributed by atoms with Crippen molar-refractivity contribution < 1.29 is 19.2 Å². The second-order valence-corrected chi connectivity index (χ2v) is 7.16. The zero-order valence-electron chi connectivity index (χ0n) is 16.7. The number of carbonyl (C=O) groups is 2. The Labute approximate surface area is 166 Å². The number of benzene rings is 2. The maximum absolute atomic E-state index is 13.2. The highest BCUT2D eigenvalue weighted by Crippen LogP contribution is 2.31. The van der Waals surface area contributed by atoms with Gasteiger partial charge >= 0.3 is 6.03 Å². The summed E-state index contributed by atoms with van der Waals surface area (Å²) < 4.78 is 5.47. The van der Waals surface area contributed by atoms with Crippen LogP contribution in [0, 0.1) is 0 Å². The van der Waals surface area contributed by atoms with Crippen LogP contribution in [0.15, 0.2) is 54.6 Å². The summed E-state index contributed by atoms with van der Waals surface area (Å²) in [5.74, 6) is 0.658. The summed E-state index contributed by atoms with van der Waals surface area (Å²) in [6.07, 6.45) is 0.510. The molecule has 2 aromatic carbocycles. The van der Waals surface area contributed by atoms with Crippen LogP contribution in [-0.2, 0) is 16.9 Å². The van der Waals surface area contributed by atoms with Crippen molar-refractivity contribution in [3.63, 3.8) is 0 Å². The van der Waals surface area contributed by atoms with E-state index in [0.717, 1.165) is 21.8 Å². The third kappa shape index (κ3) is 3.87. The highest BCUT2D eigenvalue weighted by molar-refractivity contribution is 6.07. The van der Waals surface area contributed by atoms with Crippen molar-refractivity contribution in [3.05, 3.63) is 65.7 Å². The molecule has 0 aliphatic carbocycles. The molecule has 0 spiro atoms. The third-order valence-corrected chi connectivity index (χ3v) is 5.14. The molecule has 2 atom stereocenters. The number of imide groups is 1. The Bertz CT molecular complexity index is 823. The van der Waals surface area contributed by atoms with Crippen molar-refractivity contribution >= 4 is 11.9 Å². The molecule has 0 radical (unpaired) electrons. The SMILES string of the molecule is CCOc1ccc(C[NH+](C)CN2C(=O)N[C@](CC)(c3ccccc3)C2=O)cc1. The summed E-state index contributed by atoms with van der Waals surface area (Å²) in [6.45, 7) is 5.53. The summed E-state index contributed by atoms with van der Waals surface area (Å²) in [7, 11) is 1.98. The molecule has 1 fully saturated rings. The van der Waals surface area contributed by atoms with Gasteiger partial charge in [0.1, 0.15) is 17.8 Å². The second kappa shape index (κ2) is 8.44. The van der Waals surface area contributed by atoms with Crippen molar-refractivity contribution in [3.8, 4) is 5.75 Å². The first kappa shape index (κ1) is 19.9. The molecule has 1 aliphatic rings. The standard InChI is InChI=1S/C22H27N3O3/c1-4-22(18-9-7-6-8-10-18)20(26)25(21(27)23-22)16-24(3)15-17-11-13-19(14-12-17)28-5-2/h6-14H,4-5,15-16H2,1-3H3,(H,23,27)/p+1/t22-/m1/s1. The zero-order chi connectivity index (χ0) is 20.1. The maximum Gasteiger partial charge on any atom is 0.329 e. The monoisotopic (exact) mass is 382 g/mol. The van der Waals surface area contributed by atoms with E-state index in [1.54, 1.807) is 0 Å². The smallest absolute Gasteiger partial charge is 0.329 e. The Kier molecular flexibility index (Phi) is 5.99. The second-order valence-electron chi connectivity index (χ2n) is 7.16. The van der Waals surface area contributed by atoms with Gasteiger partial charge in [-0.15, -0.1) is 0 Å². The number of hydrogen-bond acceptors (Lipinski definition) is 3. The molecule has 1 unspecified atom stereocenters. The largest absolute Gasteiger partial charge is 0.494 e. The van der Waals surface area contributed by atoms with Crippen LogP contribution in [0.1, 0.15) is 31.4 Å². The number of rotatable bonds is 8. The Morgan fingerprint density at radius 1 is 1.04 bits per heavy atom. The van der Waals surface area contributed by atoms with Crippen LogP contribution in [0.3, 0.4) is 0 Å². The molecular formula is C22H28N3O3+. The van der Waals surface area contributed by atoms with Gasteiger partial charge in [-0.2, -0.15) is 0 Å². The van der Waals surface area contributed by atoms with Gasteiger partial charge in [0, 0.05) is 5.56 Å². The minimum Gasteiger partial charge on any atom is -0.494 e. The summed E-state index contributed by atoms with van der Waals surface area (Å²) in [4.78, 5) is 28.2. The first-order valence-corrected chi connectivity index (χ1v) is 9.72. The molecular weight excluding hydrogens is 354 g/mol. The first-order valence-electron chi connectivity index (χ1n) is 9.72. The van der Waals surface area contributed by atoms with Crippen molar-refractivity contribution in [1.82, 2.24) is 10.2 Å². The van der Waals surface area contributed by atoms with Crippen LogP contribution in [0.4, 0.5) is 4.79 Å². The predicted octanol–water partition coefficient (Wildman–Crippen LogP) is 1.91. The molecule has 0 aromatic heterocycles. The van der Waals surface area contributed by atoms with E-state index in [-0.39, 0.29) is 11.9 Å². The number of urea groups is 1. The minimum atomic E-state index is -0.974. The number of nitrogens with one attached hydrogen (secondary N) is 2. The van der Waals surface area contributed by atoms with Crippen LogP contribution in [0.25, 0.3) is 0 Å². The predicted molar refractivity (Wildman–Crippen MR) is 107 cm³/mol. The summed E-state index contributed by atoms with van der Waals surface area (Å²) in [5.41, 5.74) is 0.970. The van der Waals surface area contributed by atoms with Gasteiger partial charge in [-0.3, -0.25) is 4.79 Å². The summed E-state index contributed by atoms with van der Waals surface area (Å²) in [5, 5.41) is 2.93. The Morgan fingerprint density at radius 2 is 1.71 bits per heavy atom. The molecule has 6 heteroatoms. The fourth-order valence-corrected chi connectivity index (χ4v) is 3.68. The van der Waals surface area contributed by atoms with Crippen LogP contribution in [0.5, 0.6) is 5.75 Å². The van der Waals surface area contributed by atoms with Crippen LogP contribution < -0.4 is 15.0 Å². The number of ether oxygens (including phenoxy) is 1. The fraction of sp³-hybridized carbons (Fsp3) is 0.364. The average molecular weight is 382 g/mol. The highest BCUT2D eigenvalue weighted by Gasteiger charge is 2.52. The molecule has 28 heavy (non-hydrogen) atoms. The Morgan fingerprint density at radius 3 is 2.32 bits per heavy atom. The van der Waals surface area contributed by atoms with E-state index in [9.17, 15) is 9.59 Å². The Hall–Kier alpha value is -2.86. The van der Waals surface area contributed by atoms with E-state index in [1.165, 1.54) is 4.90 Å². The quantitative estimate of drug-likeness (QED) is 0.686. The molecule has 3 rings (SSSR count). The van der Waals surface area contributed by atoms with E-state index < -0.39 is 5.54 Å². The number of nitrogens with zero attached hydrogens (tertiary/aromatic N) is 1. The zero-order valence-corrected chi connectivity index (χ0v) is 16.7. The molecule has 0 saturated carbocycles. The molecule has 2 N–H and O–H groups in total. The number of hydrogen-bond donors (Lipinski definition) is 2. The lowest BCUT2D eigenvalue weighted by molar-refractivity contribution is -0.901. The highest BCUT2D eigenvalue weighted by atomic mass is 16.5. The van der Waals surface area contributed by atoms with Gasteiger partial charge < -0.3 is 15.0 Å². The Balaban J connectivity index is 1.70. The lowest BCUT2D eigenvalue weighted by Gasteiger charge is -2.26. The normalized spacial score (nSPS) is 20.2. The summed E-state index contributed by atoms with van der Waals surface area (Å²) >= 11 is 0. The number of amides is 3. The molecule has 1 aliphatic heterocycles. The maximum atomic E-state index is 13.2. The van der Waals surface area contributed by atoms with E-state index in [2.05, 4.69) is 5.32 Å². The van der Waals surface area contributed by atoms with Gasteiger partial charge in [0.15, 0.2) is 6.67 Å². The van der Waals surface area contributed by atoms with Gasteiger partial charge in [0.2, 0.25) is 0 Å². The number of quaternary nitrogens is 1. The van der Waals surface area contributed by atoms with Crippen LogP contribution >= 0.6 is 0 Å². The van der Waals surface area contributed by atoms with E-state index >= 15 is 0 Å². The number of carbonyl (C=O) groups excluding carboxylic acids is 2. The van der Waals surface area contributed by atoms with Crippen molar-refractivity contribution in [2.75, 3.05) is 20.3 Å². The first-order chi connectivity index (χ1) is 13.5.